The van der Waals surface area contributed by atoms with Crippen LogP contribution in [0, 0.1) is 11.7 Å². The topological polar surface area (TPSA) is 55.6 Å². The molecule has 1 heterocycles. The maximum Gasteiger partial charge on any atom is 0.225 e. The Hall–Kier alpha value is -1.46. The summed E-state index contributed by atoms with van der Waals surface area (Å²) < 4.78 is 19.6. The van der Waals surface area contributed by atoms with Crippen LogP contribution in [0.1, 0.15) is 37.4 Å². The molecule has 0 aromatic heterocycles. The zero-order valence-corrected chi connectivity index (χ0v) is 12.7. The maximum absolute atomic E-state index is 13.9. The third-order valence-corrected chi connectivity index (χ3v) is 4.69. The van der Waals surface area contributed by atoms with Gasteiger partial charge in [-0.15, -0.1) is 0 Å². The van der Waals surface area contributed by atoms with Crippen LogP contribution in [0.3, 0.4) is 0 Å². The molecule has 2 aliphatic rings. The summed E-state index contributed by atoms with van der Waals surface area (Å²) in [5, 5.41) is 0. The maximum atomic E-state index is 13.9. The van der Waals surface area contributed by atoms with Gasteiger partial charge in [0.05, 0.1) is 13.2 Å². The lowest BCUT2D eigenvalue weighted by Gasteiger charge is -2.37. The molecule has 0 bridgehead atoms. The number of nitrogens with two attached hydrogens (primary N) is 1. The molecule has 22 heavy (non-hydrogen) atoms. The second kappa shape index (κ2) is 6.75. The van der Waals surface area contributed by atoms with E-state index in [1.807, 2.05) is 4.90 Å². The number of amides is 1. The van der Waals surface area contributed by atoms with Gasteiger partial charge in [0.1, 0.15) is 11.9 Å². The van der Waals surface area contributed by atoms with Crippen LogP contribution in [0.5, 0.6) is 0 Å². The van der Waals surface area contributed by atoms with Gasteiger partial charge < -0.3 is 15.4 Å². The van der Waals surface area contributed by atoms with E-state index >= 15 is 0 Å². The Balaban J connectivity index is 1.68. The number of ether oxygens (including phenoxy) is 1. The van der Waals surface area contributed by atoms with E-state index in [2.05, 4.69) is 0 Å². The zero-order valence-electron chi connectivity index (χ0n) is 12.7. The predicted octanol–water partition coefficient (Wildman–Crippen LogP) is 2.24. The summed E-state index contributed by atoms with van der Waals surface area (Å²) >= 11 is 0. The van der Waals surface area contributed by atoms with Crippen molar-refractivity contribution in [3.05, 3.63) is 35.6 Å². The highest BCUT2D eigenvalue weighted by Crippen LogP contribution is 2.29. The van der Waals surface area contributed by atoms with Crippen LogP contribution >= 0.6 is 0 Å². The minimum atomic E-state index is -0.379. The largest absolute Gasteiger partial charge is 0.370 e. The average molecular weight is 306 g/mol. The molecule has 4 nitrogen and oxygen atoms in total. The van der Waals surface area contributed by atoms with E-state index in [0.717, 1.165) is 25.7 Å². The summed E-state index contributed by atoms with van der Waals surface area (Å²) in [6.45, 7) is 1.45. The van der Waals surface area contributed by atoms with Crippen molar-refractivity contribution < 1.29 is 13.9 Å². The fourth-order valence-corrected chi connectivity index (χ4v) is 3.48. The lowest BCUT2D eigenvalue weighted by atomic mass is 9.85. The first kappa shape index (κ1) is 15.4. The minimum absolute atomic E-state index is 0.0168. The normalized spacial score (nSPS) is 29.4. The Labute approximate surface area is 130 Å². The summed E-state index contributed by atoms with van der Waals surface area (Å²) in [6.07, 6.45) is 3.31. The lowest BCUT2D eigenvalue weighted by Crippen LogP contribution is -2.46. The molecule has 5 heteroatoms. The number of benzene rings is 1. The molecule has 1 saturated heterocycles. The van der Waals surface area contributed by atoms with Crippen LogP contribution in [-0.4, -0.2) is 36.5 Å². The highest BCUT2D eigenvalue weighted by molar-refractivity contribution is 5.79. The highest BCUT2D eigenvalue weighted by atomic mass is 19.1. The van der Waals surface area contributed by atoms with Gasteiger partial charge in [0, 0.05) is 24.1 Å². The van der Waals surface area contributed by atoms with Gasteiger partial charge >= 0.3 is 0 Å². The predicted molar refractivity (Wildman–Crippen MR) is 81.6 cm³/mol. The van der Waals surface area contributed by atoms with E-state index < -0.39 is 0 Å². The molecule has 1 aliphatic heterocycles. The molecule has 3 unspecified atom stereocenters. The quantitative estimate of drug-likeness (QED) is 0.911. The molecule has 1 amide bonds. The van der Waals surface area contributed by atoms with Gasteiger partial charge in [-0.25, -0.2) is 4.39 Å². The fourth-order valence-electron chi connectivity index (χ4n) is 3.48. The number of carbonyl (C=O) groups excluding carboxylic acids is 1. The number of hydrogen-bond donors (Lipinski definition) is 1. The van der Waals surface area contributed by atoms with Gasteiger partial charge in [0.25, 0.3) is 0 Å². The van der Waals surface area contributed by atoms with Crippen LogP contribution in [-0.2, 0) is 9.53 Å². The summed E-state index contributed by atoms with van der Waals surface area (Å²) in [4.78, 5) is 14.5. The molecule has 1 aromatic carbocycles. The number of nitrogens with zero attached hydrogens (tertiary/aromatic N) is 1. The molecule has 2 N–H and O–H groups in total. The molecule has 3 atom stereocenters. The molecule has 1 saturated carbocycles. The van der Waals surface area contributed by atoms with Crippen LogP contribution in [0.25, 0.3) is 0 Å². The van der Waals surface area contributed by atoms with Gasteiger partial charge in [-0.1, -0.05) is 24.6 Å². The van der Waals surface area contributed by atoms with E-state index in [9.17, 15) is 9.18 Å². The molecule has 0 spiro atoms. The van der Waals surface area contributed by atoms with Crippen LogP contribution in [0.15, 0.2) is 24.3 Å². The monoisotopic (exact) mass is 306 g/mol. The van der Waals surface area contributed by atoms with E-state index in [-0.39, 0.29) is 29.8 Å². The van der Waals surface area contributed by atoms with Gasteiger partial charge in [-0.05, 0) is 25.3 Å². The van der Waals surface area contributed by atoms with Crippen molar-refractivity contribution in [2.24, 2.45) is 11.7 Å². The fraction of sp³-hybridized carbons (Fsp3) is 0.588. The van der Waals surface area contributed by atoms with Gasteiger partial charge in [-0.3, -0.25) is 4.79 Å². The van der Waals surface area contributed by atoms with E-state index in [1.54, 1.807) is 18.2 Å². The number of carbonyl (C=O) groups is 1. The van der Waals surface area contributed by atoms with Crippen LogP contribution in [0.4, 0.5) is 4.39 Å². The van der Waals surface area contributed by atoms with E-state index in [0.29, 0.717) is 25.3 Å². The molecule has 1 aliphatic carbocycles. The first-order valence-corrected chi connectivity index (χ1v) is 8.05. The van der Waals surface area contributed by atoms with Crippen LogP contribution < -0.4 is 5.73 Å². The second-order valence-electron chi connectivity index (χ2n) is 6.29. The van der Waals surface area contributed by atoms with E-state index in [4.69, 9.17) is 10.5 Å². The summed E-state index contributed by atoms with van der Waals surface area (Å²) in [5.74, 6) is -0.107. The van der Waals surface area contributed by atoms with Crippen molar-refractivity contribution in [3.8, 4) is 0 Å². The van der Waals surface area contributed by atoms with Gasteiger partial charge in [0.2, 0.25) is 5.91 Å². The Morgan fingerprint density at radius 1 is 1.32 bits per heavy atom. The van der Waals surface area contributed by atoms with E-state index in [1.165, 1.54) is 6.07 Å². The number of morpholine rings is 1. The summed E-state index contributed by atoms with van der Waals surface area (Å²) in [5.41, 5.74) is 6.51. The van der Waals surface area contributed by atoms with Gasteiger partial charge in [0.15, 0.2) is 0 Å². The molecule has 3 rings (SSSR count). The Kier molecular flexibility index (Phi) is 4.74. The zero-order chi connectivity index (χ0) is 15.5. The van der Waals surface area contributed by atoms with Crippen molar-refractivity contribution in [1.82, 2.24) is 4.90 Å². The molecular weight excluding hydrogens is 283 g/mol. The number of rotatable bonds is 2. The Bertz CT molecular complexity index is 537. The highest BCUT2D eigenvalue weighted by Gasteiger charge is 2.33. The number of halogens is 1. The Morgan fingerprint density at radius 3 is 2.91 bits per heavy atom. The second-order valence-corrected chi connectivity index (χ2v) is 6.29. The van der Waals surface area contributed by atoms with Crippen molar-refractivity contribution >= 4 is 5.91 Å². The van der Waals surface area contributed by atoms with Crippen molar-refractivity contribution in [2.45, 2.75) is 37.8 Å². The van der Waals surface area contributed by atoms with Crippen molar-refractivity contribution in [2.75, 3.05) is 19.7 Å². The molecule has 0 radical (unpaired) electrons. The molecule has 120 valence electrons. The van der Waals surface area contributed by atoms with Crippen molar-refractivity contribution in [1.29, 1.82) is 0 Å². The first-order valence-electron chi connectivity index (χ1n) is 8.05. The average Bonchev–Trinajstić information content (AvgIpc) is 2.55. The summed E-state index contributed by atoms with van der Waals surface area (Å²) in [7, 11) is 0. The SMILES string of the molecule is NC1CCCC(C(=O)N2CCOC(c3ccccc3F)C2)C1. The first-order chi connectivity index (χ1) is 10.6. The molecule has 2 fully saturated rings. The van der Waals surface area contributed by atoms with Crippen molar-refractivity contribution in [3.63, 3.8) is 0 Å². The third kappa shape index (κ3) is 3.31. The minimum Gasteiger partial charge on any atom is -0.370 e. The van der Waals surface area contributed by atoms with Crippen LogP contribution in [0.2, 0.25) is 0 Å². The molecule has 1 aromatic rings. The Morgan fingerprint density at radius 2 is 2.14 bits per heavy atom. The third-order valence-electron chi connectivity index (χ3n) is 4.69. The van der Waals surface area contributed by atoms with Gasteiger partial charge in [-0.2, -0.15) is 0 Å². The summed E-state index contributed by atoms with van der Waals surface area (Å²) in [6, 6.07) is 6.74. The standard InChI is InChI=1S/C17H23FN2O2/c18-15-7-2-1-6-14(15)16-11-20(8-9-22-16)17(21)12-4-3-5-13(19)10-12/h1-2,6-7,12-13,16H,3-5,8-11,19H2. The smallest absolute Gasteiger partial charge is 0.225 e. The molecular formula is C17H23FN2O2. The number of hydrogen-bond acceptors (Lipinski definition) is 3. The lowest BCUT2D eigenvalue weighted by molar-refractivity contribution is -0.144.